The molecule has 0 aliphatic heterocycles. The number of alkyl halides is 3. The fraction of sp³-hybridized carbons (Fsp3) is 0.316. The van der Waals surface area contributed by atoms with Gasteiger partial charge in [-0.2, -0.15) is 13.2 Å². The predicted molar refractivity (Wildman–Crippen MR) is 110 cm³/mol. The molecule has 2 amide bonds. The molecule has 7 nitrogen and oxygen atoms in total. The SMILES string of the molecule is CC(C)(C)OC(=O)N=[S@](C)(=O)c1cc(NC(=O)c2cc(Cl)c(C(F)(F)F)cc2F)ccn1. The number of anilines is 1. The lowest BCUT2D eigenvalue weighted by atomic mass is 10.1. The van der Waals surface area contributed by atoms with Crippen molar-refractivity contribution in [1.82, 2.24) is 4.98 Å². The largest absolute Gasteiger partial charge is 0.442 e. The average molecular weight is 496 g/mol. The van der Waals surface area contributed by atoms with Crippen LogP contribution < -0.4 is 5.32 Å². The number of amides is 2. The van der Waals surface area contributed by atoms with Crippen molar-refractivity contribution in [3.63, 3.8) is 0 Å². The number of hydrogen-bond donors (Lipinski definition) is 1. The first-order valence-electron chi connectivity index (χ1n) is 8.78. The van der Waals surface area contributed by atoms with Crippen LogP contribution in [-0.4, -0.2) is 33.1 Å². The van der Waals surface area contributed by atoms with Crippen molar-refractivity contribution in [1.29, 1.82) is 0 Å². The fourth-order valence-corrected chi connectivity index (χ4v) is 3.59. The zero-order valence-electron chi connectivity index (χ0n) is 17.2. The molecule has 1 aromatic heterocycles. The van der Waals surface area contributed by atoms with Crippen LogP contribution in [0.25, 0.3) is 0 Å². The molecule has 0 spiro atoms. The minimum Gasteiger partial charge on any atom is -0.442 e. The van der Waals surface area contributed by atoms with Gasteiger partial charge in [0, 0.05) is 18.1 Å². The van der Waals surface area contributed by atoms with Crippen molar-refractivity contribution in [3.8, 4) is 0 Å². The first-order chi connectivity index (χ1) is 14.5. The number of aromatic nitrogens is 1. The zero-order valence-corrected chi connectivity index (χ0v) is 18.8. The van der Waals surface area contributed by atoms with E-state index in [1.807, 2.05) is 0 Å². The van der Waals surface area contributed by atoms with Crippen molar-refractivity contribution < 1.29 is 36.1 Å². The van der Waals surface area contributed by atoms with Crippen LogP contribution in [0, 0.1) is 5.82 Å². The van der Waals surface area contributed by atoms with Crippen LogP contribution in [0.2, 0.25) is 5.02 Å². The number of halogens is 5. The summed E-state index contributed by atoms with van der Waals surface area (Å²) < 4.78 is 73.9. The Hall–Kier alpha value is -2.73. The van der Waals surface area contributed by atoms with E-state index in [1.54, 1.807) is 20.8 Å². The Morgan fingerprint density at radius 3 is 2.38 bits per heavy atom. The highest BCUT2D eigenvalue weighted by Gasteiger charge is 2.35. The summed E-state index contributed by atoms with van der Waals surface area (Å²) in [5, 5.41) is 1.20. The quantitative estimate of drug-likeness (QED) is 0.564. The molecule has 0 radical (unpaired) electrons. The van der Waals surface area contributed by atoms with Gasteiger partial charge < -0.3 is 10.1 Å². The molecule has 1 aromatic carbocycles. The molecule has 0 aliphatic carbocycles. The highest BCUT2D eigenvalue weighted by Crippen LogP contribution is 2.36. The molecule has 174 valence electrons. The number of carbonyl (C=O) groups is 2. The third-order valence-electron chi connectivity index (χ3n) is 3.63. The van der Waals surface area contributed by atoms with Crippen LogP contribution in [0.4, 0.5) is 28.0 Å². The summed E-state index contributed by atoms with van der Waals surface area (Å²) in [6, 6.07) is 3.05. The van der Waals surface area contributed by atoms with Gasteiger partial charge >= 0.3 is 12.3 Å². The summed E-state index contributed by atoms with van der Waals surface area (Å²) in [5.41, 5.74) is -3.05. The number of nitrogens with one attached hydrogen (secondary N) is 1. The Kier molecular flexibility index (Phi) is 7.20. The maximum Gasteiger partial charge on any atom is 0.442 e. The second-order valence-corrected chi connectivity index (χ2v) is 10.1. The minimum absolute atomic E-state index is 0.0237. The third-order valence-corrected chi connectivity index (χ3v) is 5.44. The van der Waals surface area contributed by atoms with E-state index in [4.69, 9.17) is 16.3 Å². The van der Waals surface area contributed by atoms with Crippen molar-refractivity contribution in [2.75, 3.05) is 11.6 Å². The van der Waals surface area contributed by atoms with Crippen LogP contribution in [0.15, 0.2) is 39.9 Å². The van der Waals surface area contributed by atoms with Crippen LogP contribution in [0.5, 0.6) is 0 Å². The number of pyridine rings is 1. The molecule has 2 rings (SSSR count). The molecule has 0 aliphatic rings. The van der Waals surface area contributed by atoms with E-state index in [-0.39, 0.29) is 16.8 Å². The van der Waals surface area contributed by atoms with E-state index in [0.29, 0.717) is 6.07 Å². The number of carbonyl (C=O) groups excluding carboxylic acids is 2. The van der Waals surface area contributed by atoms with Gasteiger partial charge in [-0.15, -0.1) is 4.36 Å². The van der Waals surface area contributed by atoms with Crippen molar-refractivity contribution in [2.45, 2.75) is 37.6 Å². The van der Waals surface area contributed by atoms with E-state index in [9.17, 15) is 31.4 Å². The minimum atomic E-state index is -4.90. The molecule has 1 heterocycles. The van der Waals surface area contributed by atoms with Gasteiger partial charge in [-0.05, 0) is 45.0 Å². The lowest BCUT2D eigenvalue weighted by Gasteiger charge is -2.17. The van der Waals surface area contributed by atoms with Gasteiger partial charge in [0.25, 0.3) is 5.91 Å². The van der Waals surface area contributed by atoms with E-state index in [1.165, 1.54) is 6.07 Å². The molecule has 0 saturated carbocycles. The van der Waals surface area contributed by atoms with Crippen LogP contribution in [0.1, 0.15) is 36.7 Å². The summed E-state index contributed by atoms with van der Waals surface area (Å²) in [5.74, 6) is -2.55. The molecule has 1 atom stereocenters. The van der Waals surface area contributed by atoms with E-state index < -0.39 is 55.5 Å². The van der Waals surface area contributed by atoms with Gasteiger partial charge in [0.15, 0.2) is 0 Å². The maximum absolute atomic E-state index is 14.1. The van der Waals surface area contributed by atoms with Crippen LogP contribution in [0.3, 0.4) is 0 Å². The fourth-order valence-electron chi connectivity index (χ4n) is 2.30. The smallest absolute Gasteiger partial charge is 0.442 e. The summed E-state index contributed by atoms with van der Waals surface area (Å²) >= 11 is 5.54. The number of rotatable bonds is 3. The molecule has 0 saturated heterocycles. The van der Waals surface area contributed by atoms with Crippen molar-refractivity contribution >= 4 is 39.0 Å². The second kappa shape index (κ2) is 9.02. The van der Waals surface area contributed by atoms with Gasteiger partial charge in [0.2, 0.25) is 0 Å². The number of nitrogens with zero attached hydrogens (tertiary/aromatic N) is 2. The Morgan fingerprint density at radius 1 is 1.19 bits per heavy atom. The molecular formula is C19H18ClF4N3O4S. The van der Waals surface area contributed by atoms with Gasteiger partial charge in [0.05, 0.1) is 16.1 Å². The Labute approximate surface area is 186 Å². The number of benzene rings is 1. The predicted octanol–water partition coefficient (Wildman–Crippen LogP) is 5.54. The van der Waals surface area contributed by atoms with E-state index in [2.05, 4.69) is 14.7 Å². The highest BCUT2D eigenvalue weighted by atomic mass is 35.5. The summed E-state index contributed by atoms with van der Waals surface area (Å²) in [7, 11) is -3.37. The molecule has 13 heteroatoms. The van der Waals surface area contributed by atoms with Gasteiger partial charge in [0.1, 0.15) is 26.2 Å². The molecule has 1 N–H and O–H groups in total. The first-order valence-corrected chi connectivity index (χ1v) is 11.1. The van der Waals surface area contributed by atoms with E-state index in [0.717, 1.165) is 18.5 Å². The zero-order chi connectivity index (χ0) is 24.5. The standard InChI is InChI=1S/C19H18ClF4N3O4S/c1-18(2,3)31-17(29)27-32(4,30)15-7-10(5-6-25-15)26-16(28)11-8-13(20)12(9-14(11)21)19(22,23)24/h5-9H,1-4H3,(H,25,26,28)/t32-/m1/s1. The Morgan fingerprint density at radius 2 is 1.81 bits per heavy atom. The lowest BCUT2D eigenvalue weighted by molar-refractivity contribution is -0.137. The molecular weight excluding hydrogens is 478 g/mol. The first kappa shape index (κ1) is 25.5. The topological polar surface area (TPSA) is 97.7 Å². The lowest BCUT2D eigenvalue weighted by Crippen LogP contribution is -2.22. The van der Waals surface area contributed by atoms with Gasteiger partial charge in [-0.25, -0.2) is 18.4 Å². The highest BCUT2D eigenvalue weighted by molar-refractivity contribution is 7.93. The average Bonchev–Trinajstić information content (AvgIpc) is 2.60. The molecule has 0 bridgehead atoms. The van der Waals surface area contributed by atoms with Gasteiger partial charge in [-0.1, -0.05) is 11.6 Å². The summed E-state index contributed by atoms with van der Waals surface area (Å²) in [4.78, 5) is 28.1. The third kappa shape index (κ3) is 6.63. The van der Waals surface area contributed by atoms with Crippen LogP contribution >= 0.6 is 11.6 Å². The summed E-state index contributed by atoms with van der Waals surface area (Å²) in [6.07, 6.45) is -3.70. The Balaban J connectivity index is 2.32. The monoisotopic (exact) mass is 495 g/mol. The van der Waals surface area contributed by atoms with Crippen LogP contribution in [-0.2, 0) is 20.6 Å². The molecule has 2 aromatic rings. The molecule has 0 fully saturated rings. The van der Waals surface area contributed by atoms with Crippen molar-refractivity contribution in [2.24, 2.45) is 4.36 Å². The van der Waals surface area contributed by atoms with E-state index >= 15 is 0 Å². The second-order valence-electron chi connectivity index (χ2n) is 7.52. The maximum atomic E-state index is 14.1. The van der Waals surface area contributed by atoms with Gasteiger partial charge in [-0.3, -0.25) is 4.79 Å². The van der Waals surface area contributed by atoms with Crippen molar-refractivity contribution in [3.05, 3.63) is 52.4 Å². The molecule has 0 unspecified atom stereocenters. The number of hydrogen-bond acceptors (Lipinski definition) is 5. The summed E-state index contributed by atoms with van der Waals surface area (Å²) in [6.45, 7) is 4.79. The Bertz CT molecular complexity index is 1190. The number of ether oxygens (including phenoxy) is 1. The molecule has 32 heavy (non-hydrogen) atoms. The normalized spacial score (nSPS) is 13.8.